The molecular weight excluding hydrogens is 456 g/mol. The van der Waals surface area contributed by atoms with Crippen LogP contribution in [-0.4, -0.2) is 27.0 Å². The first kappa shape index (κ1) is 27.4. The first-order chi connectivity index (χ1) is 16.8. The van der Waals surface area contributed by atoms with Crippen LogP contribution in [-0.2, 0) is 10.2 Å². The van der Waals surface area contributed by atoms with Crippen LogP contribution in [0.5, 0.6) is 11.5 Å². The summed E-state index contributed by atoms with van der Waals surface area (Å²) >= 11 is 1.81. The molecule has 0 amide bonds. The molecule has 3 unspecified atom stereocenters. The third-order valence-corrected chi connectivity index (χ3v) is 9.14. The van der Waals surface area contributed by atoms with E-state index in [1.54, 1.807) is 12.1 Å². The zero-order valence-corrected chi connectivity index (χ0v) is 22.2. The van der Waals surface area contributed by atoms with Gasteiger partial charge in [-0.1, -0.05) is 83.4 Å². The summed E-state index contributed by atoms with van der Waals surface area (Å²) in [4.78, 5) is 12.5. The highest BCUT2D eigenvalue weighted by atomic mass is 32.2. The van der Waals surface area contributed by atoms with Crippen molar-refractivity contribution in [2.75, 3.05) is 5.75 Å². The molecule has 4 nitrogen and oxygen atoms in total. The molecule has 3 N–H and O–H groups in total. The second-order valence-electron chi connectivity index (χ2n) is 10.4. The van der Waals surface area contributed by atoms with Crippen LogP contribution in [0.4, 0.5) is 0 Å². The zero-order chi connectivity index (χ0) is 25.3. The summed E-state index contributed by atoms with van der Waals surface area (Å²) in [6.45, 7) is 4.40. The van der Waals surface area contributed by atoms with Crippen molar-refractivity contribution in [2.24, 2.45) is 5.92 Å². The molecule has 0 bridgehead atoms. The predicted molar refractivity (Wildman–Crippen MR) is 145 cm³/mol. The minimum absolute atomic E-state index is 0.0263. The van der Waals surface area contributed by atoms with Gasteiger partial charge in [0, 0.05) is 16.1 Å². The summed E-state index contributed by atoms with van der Waals surface area (Å²) in [6, 6.07) is 13.5. The molecule has 2 aromatic carbocycles. The molecule has 3 rings (SSSR count). The first-order valence-electron chi connectivity index (χ1n) is 13.3. The van der Waals surface area contributed by atoms with Crippen LogP contribution in [0, 0.1) is 5.92 Å². The van der Waals surface area contributed by atoms with Gasteiger partial charge in [-0.3, -0.25) is 4.79 Å². The number of carboxylic acid groups (broad SMARTS) is 1. The van der Waals surface area contributed by atoms with Crippen LogP contribution in [0.3, 0.4) is 0 Å². The fraction of sp³-hybridized carbons (Fsp3) is 0.567. The van der Waals surface area contributed by atoms with Crippen molar-refractivity contribution in [2.45, 2.75) is 101 Å². The number of hydrogen-bond acceptors (Lipinski definition) is 4. The van der Waals surface area contributed by atoms with Gasteiger partial charge in [-0.2, -0.15) is 0 Å². The molecule has 3 atom stereocenters. The smallest absolute Gasteiger partial charge is 0.306 e. The maximum atomic E-state index is 11.3. The quantitative estimate of drug-likeness (QED) is 0.229. The number of hydrogen-bond donors (Lipinski definition) is 3. The van der Waals surface area contributed by atoms with E-state index in [0.717, 1.165) is 44.3 Å². The average molecular weight is 499 g/mol. The highest BCUT2D eigenvalue weighted by Gasteiger charge is 2.41. The fourth-order valence-corrected chi connectivity index (χ4v) is 6.98. The largest absolute Gasteiger partial charge is 0.508 e. The van der Waals surface area contributed by atoms with Gasteiger partial charge in [-0.05, 0) is 60.6 Å². The number of fused-ring (bicyclic) bond motifs is 1. The molecule has 0 fully saturated rings. The van der Waals surface area contributed by atoms with Gasteiger partial charge in [0.05, 0.1) is 5.92 Å². The minimum Gasteiger partial charge on any atom is -0.508 e. The number of benzene rings is 2. The molecule has 0 aromatic heterocycles. The van der Waals surface area contributed by atoms with Gasteiger partial charge in [0.15, 0.2) is 0 Å². The summed E-state index contributed by atoms with van der Waals surface area (Å²) in [5, 5.41) is 29.1. The van der Waals surface area contributed by atoms with E-state index in [1.165, 1.54) is 48.1 Å². The van der Waals surface area contributed by atoms with Crippen molar-refractivity contribution in [1.82, 2.24) is 0 Å². The van der Waals surface area contributed by atoms with Crippen molar-refractivity contribution in [3.63, 3.8) is 0 Å². The number of carboxylic acids is 1. The molecule has 1 aliphatic rings. The molecule has 192 valence electrons. The Hall–Kier alpha value is -2.14. The standard InChI is InChI=1S/C30H42O4S/c1-3-11-22(29(33)34)12-9-7-5-4-6-8-10-13-27-26-19-18-25(32)20-28(26)35-21-30(27,2)23-14-16-24(31)17-15-23/h14-20,22,27,31-32H,3-13,21H2,1-2H3,(H,33,34). The summed E-state index contributed by atoms with van der Waals surface area (Å²) < 4.78 is 0. The van der Waals surface area contributed by atoms with E-state index in [-0.39, 0.29) is 11.3 Å². The van der Waals surface area contributed by atoms with Gasteiger partial charge in [-0.15, -0.1) is 11.8 Å². The molecule has 1 heterocycles. The fourth-order valence-electron chi connectivity index (χ4n) is 5.57. The molecule has 5 heteroatoms. The highest BCUT2D eigenvalue weighted by molar-refractivity contribution is 7.99. The molecule has 0 aliphatic carbocycles. The van der Waals surface area contributed by atoms with E-state index >= 15 is 0 Å². The Morgan fingerprint density at radius 2 is 1.57 bits per heavy atom. The van der Waals surface area contributed by atoms with Crippen molar-refractivity contribution < 1.29 is 20.1 Å². The topological polar surface area (TPSA) is 77.8 Å². The van der Waals surface area contributed by atoms with Gasteiger partial charge in [-0.25, -0.2) is 0 Å². The van der Waals surface area contributed by atoms with Crippen LogP contribution in [0.1, 0.15) is 102 Å². The van der Waals surface area contributed by atoms with Gasteiger partial charge in [0.2, 0.25) is 0 Å². The Morgan fingerprint density at radius 3 is 2.23 bits per heavy atom. The lowest BCUT2D eigenvalue weighted by Crippen LogP contribution is -2.36. The molecule has 0 saturated carbocycles. The number of aliphatic carboxylic acids is 1. The van der Waals surface area contributed by atoms with Crippen molar-refractivity contribution in [3.8, 4) is 11.5 Å². The normalized spacial score (nSPS) is 20.3. The second-order valence-corrected chi connectivity index (χ2v) is 11.4. The monoisotopic (exact) mass is 498 g/mol. The highest BCUT2D eigenvalue weighted by Crippen LogP contribution is 2.52. The van der Waals surface area contributed by atoms with Gasteiger partial charge >= 0.3 is 5.97 Å². The lowest BCUT2D eigenvalue weighted by atomic mass is 9.68. The average Bonchev–Trinajstić information content (AvgIpc) is 2.83. The molecule has 1 aliphatic heterocycles. The van der Waals surface area contributed by atoms with E-state index in [2.05, 4.69) is 32.0 Å². The van der Waals surface area contributed by atoms with E-state index < -0.39 is 5.97 Å². The van der Waals surface area contributed by atoms with Crippen molar-refractivity contribution >= 4 is 17.7 Å². The summed E-state index contributed by atoms with van der Waals surface area (Å²) in [5.41, 5.74) is 2.56. The zero-order valence-electron chi connectivity index (χ0n) is 21.3. The van der Waals surface area contributed by atoms with E-state index in [1.807, 2.05) is 23.9 Å². The van der Waals surface area contributed by atoms with E-state index in [4.69, 9.17) is 0 Å². The number of aromatic hydroxyl groups is 2. The maximum Gasteiger partial charge on any atom is 0.306 e. The van der Waals surface area contributed by atoms with Crippen LogP contribution < -0.4 is 0 Å². The van der Waals surface area contributed by atoms with Crippen LogP contribution in [0.2, 0.25) is 0 Å². The summed E-state index contributed by atoms with van der Waals surface area (Å²) in [6.07, 6.45) is 11.8. The Balaban J connectivity index is 1.50. The van der Waals surface area contributed by atoms with E-state index in [9.17, 15) is 20.1 Å². The molecule has 2 aromatic rings. The van der Waals surface area contributed by atoms with Crippen LogP contribution in [0.25, 0.3) is 0 Å². The van der Waals surface area contributed by atoms with Gasteiger partial charge in [0.25, 0.3) is 0 Å². The maximum absolute atomic E-state index is 11.3. The number of rotatable bonds is 14. The van der Waals surface area contributed by atoms with Crippen molar-refractivity contribution in [3.05, 3.63) is 53.6 Å². The number of thioether (sulfide) groups is 1. The van der Waals surface area contributed by atoms with E-state index in [0.29, 0.717) is 17.4 Å². The summed E-state index contributed by atoms with van der Waals surface area (Å²) in [5.74, 6) is 1.15. The summed E-state index contributed by atoms with van der Waals surface area (Å²) in [7, 11) is 0. The Bertz CT molecular complexity index is 942. The number of carbonyl (C=O) groups is 1. The first-order valence-corrected chi connectivity index (χ1v) is 14.3. The predicted octanol–water partition coefficient (Wildman–Crippen LogP) is 8.26. The minimum atomic E-state index is -0.635. The molecule has 35 heavy (non-hydrogen) atoms. The Labute approximate surface area is 215 Å². The molecule has 0 saturated heterocycles. The Morgan fingerprint density at radius 1 is 0.943 bits per heavy atom. The molecule has 0 radical (unpaired) electrons. The Kier molecular flexibility index (Phi) is 10.4. The van der Waals surface area contributed by atoms with Crippen LogP contribution in [0.15, 0.2) is 47.4 Å². The molecule has 0 spiro atoms. The number of unbranched alkanes of at least 4 members (excludes halogenated alkanes) is 6. The number of phenolic OH excluding ortho intramolecular Hbond substituents is 2. The van der Waals surface area contributed by atoms with Gasteiger partial charge in [0.1, 0.15) is 11.5 Å². The molecular formula is C30H42O4S. The SMILES string of the molecule is CCCC(CCCCCCCCCC1c2ccc(O)cc2SCC1(C)c1ccc(O)cc1)C(=O)O. The lowest BCUT2D eigenvalue weighted by Gasteiger charge is -2.43. The lowest BCUT2D eigenvalue weighted by molar-refractivity contribution is -0.142. The third-order valence-electron chi connectivity index (χ3n) is 7.73. The second kappa shape index (κ2) is 13.2. The van der Waals surface area contributed by atoms with Crippen LogP contribution >= 0.6 is 11.8 Å². The number of phenols is 2. The van der Waals surface area contributed by atoms with Gasteiger partial charge < -0.3 is 15.3 Å². The van der Waals surface area contributed by atoms with Crippen molar-refractivity contribution in [1.29, 1.82) is 0 Å². The third kappa shape index (κ3) is 7.42.